The predicted octanol–water partition coefficient (Wildman–Crippen LogP) is 4.55. The van der Waals surface area contributed by atoms with Gasteiger partial charge in [0.05, 0.1) is 38.1 Å². The fourth-order valence-corrected chi connectivity index (χ4v) is 4.08. The van der Waals surface area contributed by atoms with E-state index in [9.17, 15) is 4.79 Å². The van der Waals surface area contributed by atoms with E-state index in [1.165, 1.54) is 0 Å². The van der Waals surface area contributed by atoms with Crippen LogP contribution in [0.3, 0.4) is 0 Å². The van der Waals surface area contributed by atoms with Crippen LogP contribution in [0.25, 0.3) is 5.57 Å². The van der Waals surface area contributed by atoms with Gasteiger partial charge in [-0.3, -0.25) is 4.79 Å². The summed E-state index contributed by atoms with van der Waals surface area (Å²) in [7, 11) is 3.25. The van der Waals surface area contributed by atoms with Crippen LogP contribution < -0.4 is 19.5 Å². The summed E-state index contributed by atoms with van der Waals surface area (Å²) in [6.45, 7) is 1.24. The number of nitrogens with one attached hydrogen (secondary N) is 1. The van der Waals surface area contributed by atoms with Crippen LogP contribution in [0.1, 0.15) is 28.8 Å². The molecule has 0 unspecified atom stereocenters. The lowest BCUT2D eigenvalue weighted by atomic mass is 10.0. The van der Waals surface area contributed by atoms with Gasteiger partial charge < -0.3 is 24.4 Å². The smallest absolute Gasteiger partial charge is 0.260 e. The number of nitrogens with zero attached hydrogens (tertiary/aromatic N) is 1. The first-order valence-corrected chi connectivity index (χ1v) is 11.1. The summed E-state index contributed by atoms with van der Waals surface area (Å²) >= 11 is 3.41. The molecule has 6 nitrogen and oxygen atoms in total. The number of alkyl halides is 1. The number of methoxy groups -OCH3 is 2. The van der Waals surface area contributed by atoms with Gasteiger partial charge in [0.2, 0.25) is 0 Å². The second-order valence-corrected chi connectivity index (χ2v) is 8.07. The van der Waals surface area contributed by atoms with Gasteiger partial charge in [-0.2, -0.15) is 0 Å². The van der Waals surface area contributed by atoms with Crippen LogP contribution in [-0.2, 0) is 0 Å². The third-order valence-corrected chi connectivity index (χ3v) is 5.98. The van der Waals surface area contributed by atoms with Crippen LogP contribution in [0.5, 0.6) is 17.2 Å². The van der Waals surface area contributed by atoms with Crippen LogP contribution in [0.2, 0.25) is 0 Å². The molecule has 0 bridgehead atoms. The first kappa shape index (κ1) is 20.6. The van der Waals surface area contributed by atoms with Crippen LogP contribution in [-0.4, -0.2) is 49.6 Å². The number of halogens is 1. The molecule has 30 heavy (non-hydrogen) atoms. The summed E-state index contributed by atoms with van der Waals surface area (Å²) in [4.78, 5) is 15.2. The fourth-order valence-electron chi connectivity index (χ4n) is 3.85. The molecule has 2 aliphatic rings. The van der Waals surface area contributed by atoms with Crippen molar-refractivity contribution in [3.8, 4) is 17.2 Å². The van der Waals surface area contributed by atoms with E-state index in [-0.39, 0.29) is 11.9 Å². The van der Waals surface area contributed by atoms with Crippen LogP contribution in [0.15, 0.2) is 42.6 Å². The van der Waals surface area contributed by atoms with Crippen molar-refractivity contribution >= 4 is 33.1 Å². The number of benzene rings is 2. The van der Waals surface area contributed by atoms with Gasteiger partial charge in [-0.05, 0) is 42.2 Å². The van der Waals surface area contributed by atoms with Gasteiger partial charge in [-0.1, -0.05) is 28.1 Å². The van der Waals surface area contributed by atoms with Crippen LogP contribution in [0, 0.1) is 0 Å². The predicted molar refractivity (Wildman–Crippen MR) is 121 cm³/mol. The van der Waals surface area contributed by atoms with E-state index < -0.39 is 0 Å². The van der Waals surface area contributed by atoms with Crippen molar-refractivity contribution in [3.63, 3.8) is 0 Å². The van der Waals surface area contributed by atoms with Crippen molar-refractivity contribution in [2.45, 2.75) is 18.9 Å². The monoisotopic (exact) mass is 472 g/mol. The molecule has 0 aliphatic carbocycles. The highest BCUT2D eigenvalue weighted by Gasteiger charge is 2.34. The van der Waals surface area contributed by atoms with Gasteiger partial charge in [-0.25, -0.2) is 0 Å². The number of rotatable bonds is 7. The van der Waals surface area contributed by atoms with Crippen molar-refractivity contribution in [2.75, 3.05) is 38.0 Å². The lowest BCUT2D eigenvalue weighted by molar-refractivity contribution is 0.0796. The first-order chi connectivity index (χ1) is 14.6. The van der Waals surface area contributed by atoms with Crippen molar-refractivity contribution < 1.29 is 19.0 Å². The molecule has 1 amide bonds. The average molecular weight is 473 g/mol. The lowest BCUT2D eigenvalue weighted by Gasteiger charge is -2.20. The zero-order valence-electron chi connectivity index (χ0n) is 17.1. The summed E-state index contributed by atoms with van der Waals surface area (Å²) < 4.78 is 16.7. The summed E-state index contributed by atoms with van der Waals surface area (Å²) in [6.07, 6.45) is 3.64. The molecule has 2 aliphatic heterocycles. The van der Waals surface area contributed by atoms with Gasteiger partial charge in [0.25, 0.3) is 5.91 Å². The van der Waals surface area contributed by atoms with Crippen molar-refractivity contribution in [1.29, 1.82) is 0 Å². The highest BCUT2D eigenvalue weighted by atomic mass is 79.9. The Kier molecular flexibility index (Phi) is 6.18. The number of carbonyl (C=O) groups is 1. The molecule has 158 valence electrons. The highest BCUT2D eigenvalue weighted by Crippen LogP contribution is 2.39. The Bertz CT molecular complexity index is 976. The maximum absolute atomic E-state index is 13.4. The number of anilines is 1. The minimum Gasteiger partial charge on any atom is -0.497 e. The van der Waals surface area contributed by atoms with Gasteiger partial charge in [0.15, 0.2) is 11.5 Å². The number of hydrogen-bond acceptors (Lipinski definition) is 5. The molecule has 0 radical (unpaired) electrons. The van der Waals surface area contributed by atoms with Crippen molar-refractivity contribution in [3.05, 3.63) is 53.7 Å². The molecule has 2 heterocycles. The molecule has 1 atom stereocenters. The Morgan fingerprint density at radius 3 is 2.80 bits per heavy atom. The Morgan fingerprint density at radius 2 is 2.03 bits per heavy atom. The topological polar surface area (TPSA) is 60.0 Å². The number of amides is 1. The summed E-state index contributed by atoms with van der Waals surface area (Å²) in [5, 5.41) is 4.31. The first-order valence-electron chi connectivity index (χ1n) is 9.97. The van der Waals surface area contributed by atoms with E-state index in [1.807, 2.05) is 41.4 Å². The number of fused-ring (bicyclic) bond motifs is 2. The zero-order chi connectivity index (χ0) is 21.1. The van der Waals surface area contributed by atoms with E-state index in [4.69, 9.17) is 14.2 Å². The van der Waals surface area contributed by atoms with Gasteiger partial charge >= 0.3 is 0 Å². The summed E-state index contributed by atoms with van der Waals surface area (Å²) in [5.41, 5.74) is 3.56. The van der Waals surface area contributed by atoms with Gasteiger partial charge in [0.1, 0.15) is 5.75 Å². The molecule has 2 aromatic carbocycles. The van der Waals surface area contributed by atoms with Crippen LogP contribution in [0.4, 0.5) is 5.69 Å². The lowest BCUT2D eigenvalue weighted by Crippen LogP contribution is -2.34. The third-order valence-electron chi connectivity index (χ3n) is 5.42. The second kappa shape index (κ2) is 9.00. The number of hydrogen-bond donors (Lipinski definition) is 1. The largest absolute Gasteiger partial charge is 0.497 e. The van der Waals surface area contributed by atoms with E-state index >= 15 is 0 Å². The molecule has 7 heteroatoms. The van der Waals surface area contributed by atoms with Crippen molar-refractivity contribution in [2.24, 2.45) is 0 Å². The standard InChI is InChI=1S/C23H25BrN2O4/c1-28-18-6-3-5-15(10-18)16-9-17-13-25-20-12-22(30-8-4-7-24)21(29-2)11-19(20)23(27)26(17)14-16/h3,5-6,10-12,14,17,25H,4,7-9,13H2,1-2H3/t17-/m0/s1. The summed E-state index contributed by atoms with van der Waals surface area (Å²) in [6, 6.07) is 11.6. The maximum Gasteiger partial charge on any atom is 0.260 e. The van der Waals surface area contributed by atoms with Crippen molar-refractivity contribution in [1.82, 2.24) is 4.90 Å². The minimum absolute atomic E-state index is 0.0387. The molecule has 4 rings (SSSR count). The fraction of sp³-hybridized carbons (Fsp3) is 0.348. The normalized spacial score (nSPS) is 17.4. The number of carbonyl (C=O) groups excluding carboxylic acids is 1. The maximum atomic E-state index is 13.4. The van der Waals surface area contributed by atoms with E-state index in [2.05, 4.69) is 21.2 Å². The van der Waals surface area contributed by atoms with Gasteiger partial charge in [0, 0.05) is 24.1 Å². The van der Waals surface area contributed by atoms with Crippen LogP contribution >= 0.6 is 15.9 Å². The molecule has 0 saturated carbocycles. The SMILES string of the molecule is COc1cccc(C2=CN3C(=O)c4cc(OC)c(OCCCBr)cc4NC[C@@H]3C2)c1. The Hall–Kier alpha value is -2.67. The van der Waals surface area contributed by atoms with E-state index in [1.54, 1.807) is 20.3 Å². The van der Waals surface area contributed by atoms with E-state index in [0.717, 1.165) is 40.7 Å². The highest BCUT2D eigenvalue weighted by molar-refractivity contribution is 9.09. The van der Waals surface area contributed by atoms with E-state index in [0.29, 0.717) is 30.2 Å². The molecular formula is C23H25BrN2O4. The second-order valence-electron chi connectivity index (χ2n) is 7.28. The quantitative estimate of drug-likeness (QED) is 0.473. The molecule has 0 aromatic heterocycles. The molecule has 0 spiro atoms. The molecular weight excluding hydrogens is 448 g/mol. The molecule has 0 fully saturated rings. The summed E-state index contributed by atoms with van der Waals surface area (Å²) in [5.74, 6) is 1.98. The molecule has 0 saturated heterocycles. The Labute approximate surface area is 184 Å². The Morgan fingerprint density at radius 1 is 1.17 bits per heavy atom. The molecule has 1 N–H and O–H groups in total. The Balaban J connectivity index is 1.63. The minimum atomic E-state index is -0.0387. The zero-order valence-corrected chi connectivity index (χ0v) is 18.7. The van der Waals surface area contributed by atoms with Gasteiger partial charge in [-0.15, -0.1) is 0 Å². The third kappa shape index (κ3) is 3.99. The average Bonchev–Trinajstić information content (AvgIpc) is 3.17. The number of ether oxygens (including phenoxy) is 3. The molecule has 2 aromatic rings.